The van der Waals surface area contributed by atoms with Crippen LogP contribution < -0.4 is 11.5 Å². The number of hydrogen-bond donors (Lipinski definition) is 2. The zero-order valence-corrected chi connectivity index (χ0v) is 13.3. The maximum atomic E-state index is 6.54. The largest absolute Gasteiger partial charge is 0.396 e. The highest BCUT2D eigenvalue weighted by molar-refractivity contribution is 6.71. The Morgan fingerprint density at radius 1 is 1.28 bits per heavy atom. The number of methoxy groups -OCH3 is 1. The van der Waals surface area contributed by atoms with Gasteiger partial charge in [0, 0.05) is 32.9 Å². The van der Waals surface area contributed by atoms with Crippen molar-refractivity contribution in [3.05, 3.63) is 0 Å². The molecule has 3 atom stereocenters. The molecule has 0 amide bonds. The molecular formula is C12H28N2O3Si. The third-order valence-corrected chi connectivity index (χ3v) is 8.90. The zero-order chi connectivity index (χ0) is 14.0. The van der Waals surface area contributed by atoms with Crippen molar-refractivity contribution in [1.29, 1.82) is 0 Å². The van der Waals surface area contributed by atoms with Gasteiger partial charge in [-0.05, 0) is 39.2 Å². The van der Waals surface area contributed by atoms with Crippen molar-refractivity contribution in [1.82, 2.24) is 0 Å². The van der Waals surface area contributed by atoms with Gasteiger partial charge in [-0.25, -0.2) is 0 Å². The number of rotatable bonds is 5. The summed E-state index contributed by atoms with van der Waals surface area (Å²) < 4.78 is 17.6. The summed E-state index contributed by atoms with van der Waals surface area (Å²) in [5.41, 5.74) is 12.1. The van der Waals surface area contributed by atoms with E-state index in [0.717, 1.165) is 18.9 Å². The van der Waals surface area contributed by atoms with Crippen molar-refractivity contribution in [2.24, 2.45) is 11.5 Å². The first-order chi connectivity index (χ1) is 8.31. The predicted octanol–water partition coefficient (Wildman–Crippen LogP) is 0.894. The highest BCUT2D eigenvalue weighted by Crippen LogP contribution is 2.47. The average Bonchev–Trinajstić information content (AvgIpc) is 2.31. The monoisotopic (exact) mass is 276 g/mol. The summed E-state index contributed by atoms with van der Waals surface area (Å²) in [5, 5.41) is -0.601. The van der Waals surface area contributed by atoms with E-state index in [2.05, 4.69) is 0 Å². The predicted molar refractivity (Wildman–Crippen MR) is 74.4 cm³/mol. The molecule has 4 N–H and O–H groups in total. The smallest absolute Gasteiger partial charge is 0.372 e. The molecule has 0 aliphatic carbocycles. The lowest BCUT2D eigenvalue weighted by atomic mass is 9.85. The van der Waals surface area contributed by atoms with Crippen molar-refractivity contribution < 1.29 is 13.6 Å². The molecule has 0 aromatic rings. The maximum absolute atomic E-state index is 6.54. The zero-order valence-electron chi connectivity index (χ0n) is 12.3. The van der Waals surface area contributed by atoms with E-state index in [1.165, 1.54) is 0 Å². The summed E-state index contributed by atoms with van der Waals surface area (Å²) >= 11 is 0. The van der Waals surface area contributed by atoms with Gasteiger partial charge < -0.3 is 25.1 Å². The molecule has 0 radical (unpaired) electrons. The van der Waals surface area contributed by atoms with E-state index in [9.17, 15) is 0 Å². The van der Waals surface area contributed by atoms with Crippen LogP contribution in [0.1, 0.15) is 33.1 Å². The standard InChI is InChI=1S/C12H28N2O3Si/c1-10(13)9-12(15-3)11(2,14)7-6-8-18(12,16-4)17-5/h10H,6-9,13-14H2,1-5H3. The molecule has 18 heavy (non-hydrogen) atoms. The molecule has 0 aromatic heterocycles. The second kappa shape index (κ2) is 5.56. The van der Waals surface area contributed by atoms with E-state index in [0.29, 0.717) is 6.42 Å². The Kier molecular flexibility index (Phi) is 4.97. The van der Waals surface area contributed by atoms with Gasteiger partial charge in [0.25, 0.3) is 0 Å². The van der Waals surface area contributed by atoms with Gasteiger partial charge in [-0.3, -0.25) is 0 Å². The van der Waals surface area contributed by atoms with Crippen LogP contribution in [0.15, 0.2) is 0 Å². The second-order valence-corrected chi connectivity index (χ2v) is 9.27. The normalized spacial score (nSPS) is 37.5. The third-order valence-electron chi connectivity index (χ3n) is 4.36. The number of hydrogen-bond acceptors (Lipinski definition) is 5. The van der Waals surface area contributed by atoms with Crippen molar-refractivity contribution in [2.45, 2.75) is 56.0 Å². The molecule has 1 fully saturated rings. The van der Waals surface area contributed by atoms with Gasteiger partial charge in [-0.2, -0.15) is 0 Å². The minimum atomic E-state index is -2.54. The molecule has 108 valence electrons. The van der Waals surface area contributed by atoms with E-state index in [1.54, 1.807) is 21.3 Å². The molecule has 1 saturated heterocycles. The molecule has 0 aromatic carbocycles. The van der Waals surface area contributed by atoms with Crippen LogP contribution in [-0.4, -0.2) is 46.7 Å². The van der Waals surface area contributed by atoms with E-state index in [-0.39, 0.29) is 6.04 Å². The van der Waals surface area contributed by atoms with Gasteiger partial charge in [-0.1, -0.05) is 0 Å². The second-order valence-electron chi connectivity index (χ2n) is 5.64. The summed E-state index contributed by atoms with van der Waals surface area (Å²) in [6.07, 6.45) is 2.56. The highest BCUT2D eigenvalue weighted by atomic mass is 28.4. The Balaban J connectivity index is 3.30. The fraction of sp³-hybridized carbons (Fsp3) is 1.00. The Morgan fingerprint density at radius 2 is 1.83 bits per heavy atom. The molecule has 5 nitrogen and oxygen atoms in total. The molecule has 1 aliphatic heterocycles. The van der Waals surface area contributed by atoms with Crippen LogP contribution in [0, 0.1) is 0 Å². The SMILES string of the molecule is COC1(CC(C)N)C(C)(N)CCC[Si]1(OC)OC. The van der Waals surface area contributed by atoms with Crippen LogP contribution in [-0.2, 0) is 13.6 Å². The summed E-state index contributed by atoms with van der Waals surface area (Å²) in [6.45, 7) is 3.99. The van der Waals surface area contributed by atoms with Gasteiger partial charge in [0.1, 0.15) is 5.22 Å². The van der Waals surface area contributed by atoms with E-state index >= 15 is 0 Å². The number of ether oxygens (including phenoxy) is 1. The van der Waals surface area contributed by atoms with Crippen LogP contribution in [0.4, 0.5) is 0 Å². The van der Waals surface area contributed by atoms with Crippen LogP contribution in [0.3, 0.4) is 0 Å². The van der Waals surface area contributed by atoms with Gasteiger partial charge >= 0.3 is 8.56 Å². The molecule has 1 rings (SSSR count). The van der Waals surface area contributed by atoms with Crippen LogP contribution in [0.2, 0.25) is 6.04 Å². The minimum Gasteiger partial charge on any atom is -0.396 e. The fourth-order valence-electron chi connectivity index (χ4n) is 3.46. The fourth-order valence-corrected chi connectivity index (χ4v) is 7.68. The van der Waals surface area contributed by atoms with Gasteiger partial charge in [0.2, 0.25) is 0 Å². The summed E-state index contributed by atoms with van der Waals surface area (Å²) in [6, 6.07) is 0.885. The molecule has 0 spiro atoms. The lowest BCUT2D eigenvalue weighted by molar-refractivity contribution is -0.0633. The van der Waals surface area contributed by atoms with Gasteiger partial charge in [0.15, 0.2) is 0 Å². The summed E-state index contributed by atoms with van der Waals surface area (Å²) in [5.74, 6) is 0. The first-order valence-corrected chi connectivity index (χ1v) is 8.53. The molecule has 1 heterocycles. The van der Waals surface area contributed by atoms with E-state index < -0.39 is 19.3 Å². The molecule has 0 bridgehead atoms. The van der Waals surface area contributed by atoms with Crippen molar-refractivity contribution >= 4 is 8.56 Å². The van der Waals surface area contributed by atoms with Crippen LogP contribution in [0.5, 0.6) is 0 Å². The van der Waals surface area contributed by atoms with Crippen molar-refractivity contribution in [3.8, 4) is 0 Å². The lowest BCUT2D eigenvalue weighted by Gasteiger charge is -2.56. The first kappa shape index (κ1) is 16.1. The lowest BCUT2D eigenvalue weighted by Crippen LogP contribution is -2.78. The molecule has 6 heteroatoms. The average molecular weight is 276 g/mol. The summed E-state index contributed by atoms with van der Waals surface area (Å²) in [7, 11) is 2.56. The molecule has 1 aliphatic rings. The van der Waals surface area contributed by atoms with E-state index in [1.807, 2.05) is 13.8 Å². The summed E-state index contributed by atoms with van der Waals surface area (Å²) in [4.78, 5) is 0. The minimum absolute atomic E-state index is 0.0110. The Morgan fingerprint density at radius 3 is 2.22 bits per heavy atom. The van der Waals surface area contributed by atoms with Crippen molar-refractivity contribution in [3.63, 3.8) is 0 Å². The molecular weight excluding hydrogens is 248 g/mol. The molecule has 0 saturated carbocycles. The van der Waals surface area contributed by atoms with Crippen molar-refractivity contribution in [2.75, 3.05) is 21.3 Å². The van der Waals surface area contributed by atoms with Gasteiger partial charge in [0.05, 0.1) is 0 Å². The quantitative estimate of drug-likeness (QED) is 0.729. The first-order valence-electron chi connectivity index (χ1n) is 6.51. The Labute approximate surface area is 111 Å². The molecule has 3 unspecified atom stereocenters. The highest BCUT2D eigenvalue weighted by Gasteiger charge is 2.67. The maximum Gasteiger partial charge on any atom is 0.372 e. The Bertz CT molecular complexity index is 282. The topological polar surface area (TPSA) is 79.7 Å². The van der Waals surface area contributed by atoms with Crippen LogP contribution >= 0.6 is 0 Å². The third kappa shape index (κ3) is 2.26. The number of nitrogens with two attached hydrogens (primary N) is 2. The Hall–Kier alpha value is 0.0169. The van der Waals surface area contributed by atoms with Gasteiger partial charge in [-0.15, -0.1) is 0 Å². The van der Waals surface area contributed by atoms with E-state index in [4.69, 9.17) is 25.1 Å². The van der Waals surface area contributed by atoms with Crippen LogP contribution in [0.25, 0.3) is 0 Å².